The Morgan fingerprint density at radius 3 is 2.50 bits per heavy atom. The van der Waals surface area contributed by atoms with Gasteiger partial charge in [0.05, 0.1) is 15.7 Å². The molecule has 1 aromatic heterocycles. The lowest BCUT2D eigenvalue weighted by molar-refractivity contribution is -0.109. The summed E-state index contributed by atoms with van der Waals surface area (Å²) in [6.07, 6.45) is 0.608. The highest BCUT2D eigenvalue weighted by Crippen LogP contribution is 2.39. The molecular weight excluding hydrogens is 509 g/mol. The zero-order chi connectivity index (χ0) is 26.2. The van der Waals surface area contributed by atoms with E-state index in [2.05, 4.69) is 5.10 Å². The number of carbonyl (C=O) groups is 1. The minimum Gasteiger partial charge on any atom is -0.454 e. The second-order valence-corrected chi connectivity index (χ2v) is 9.19. The number of amides is 1. The van der Waals surface area contributed by atoms with Crippen LogP contribution in [0.4, 0.5) is 0 Å². The van der Waals surface area contributed by atoms with E-state index >= 15 is 0 Å². The first-order chi connectivity index (χ1) is 17.1. The topological polar surface area (TPSA) is 130 Å². The zero-order valence-electron chi connectivity index (χ0n) is 19.6. The molecule has 0 unspecified atom stereocenters. The van der Waals surface area contributed by atoms with Crippen molar-refractivity contribution >= 4 is 29.1 Å². The minimum absolute atomic E-state index is 0.0642. The van der Waals surface area contributed by atoms with E-state index in [1.165, 1.54) is 12.1 Å². The lowest BCUT2D eigenvalue weighted by Gasteiger charge is -2.40. The number of nitriles is 1. The van der Waals surface area contributed by atoms with Gasteiger partial charge in [0.25, 0.3) is 11.5 Å². The molecule has 186 valence electrons. The first-order valence-corrected chi connectivity index (χ1v) is 11.7. The normalized spacial score (nSPS) is 13.3. The van der Waals surface area contributed by atoms with Crippen molar-refractivity contribution in [2.24, 2.45) is 0 Å². The van der Waals surface area contributed by atoms with E-state index in [1.54, 1.807) is 29.2 Å². The average Bonchev–Trinajstić information content (AvgIpc) is 2.81. The van der Waals surface area contributed by atoms with Gasteiger partial charge in [0.1, 0.15) is 17.5 Å². The number of benzene rings is 2. The molecule has 0 atom stereocenters. The third-order valence-corrected chi connectivity index (χ3v) is 6.25. The molecule has 12 heteroatoms. The number of hydrogen-bond donors (Lipinski definition) is 1. The van der Waals surface area contributed by atoms with Gasteiger partial charge in [0.2, 0.25) is 5.69 Å². The molecule has 1 aliphatic heterocycles. The van der Waals surface area contributed by atoms with Gasteiger partial charge < -0.3 is 14.4 Å². The van der Waals surface area contributed by atoms with Crippen LogP contribution in [0, 0.1) is 11.3 Å². The zero-order valence-corrected chi connectivity index (χ0v) is 21.1. The molecule has 10 nitrogen and oxygen atoms in total. The number of aromatic amines is 1. The molecule has 1 aliphatic rings. The SMILES string of the molecule is CCOC(C)(C)N1CCc2cc(Oc3c(Cl)cc(-n4nc(C#N)c(=O)[nH]c4=O)cc3Cl)ccc2C1=O. The summed E-state index contributed by atoms with van der Waals surface area (Å²) in [6.45, 7) is 6.59. The van der Waals surface area contributed by atoms with Crippen LogP contribution in [0.5, 0.6) is 11.5 Å². The highest BCUT2D eigenvalue weighted by atomic mass is 35.5. The number of aromatic nitrogens is 3. The van der Waals surface area contributed by atoms with E-state index in [0.29, 0.717) is 30.9 Å². The molecule has 1 amide bonds. The third kappa shape index (κ3) is 4.73. The number of carbonyl (C=O) groups excluding carboxylic acids is 1. The van der Waals surface area contributed by atoms with Crippen molar-refractivity contribution in [2.75, 3.05) is 13.2 Å². The Labute approximate surface area is 215 Å². The summed E-state index contributed by atoms with van der Waals surface area (Å²) >= 11 is 12.8. The second kappa shape index (κ2) is 9.78. The number of nitrogens with one attached hydrogen (secondary N) is 1. The van der Waals surface area contributed by atoms with Crippen LogP contribution in [0.3, 0.4) is 0 Å². The first kappa shape index (κ1) is 25.4. The summed E-state index contributed by atoms with van der Waals surface area (Å²) < 4.78 is 12.5. The summed E-state index contributed by atoms with van der Waals surface area (Å²) in [5, 5.41) is 12.9. The van der Waals surface area contributed by atoms with E-state index in [1.807, 2.05) is 25.8 Å². The molecule has 2 aromatic carbocycles. The Morgan fingerprint density at radius 2 is 1.86 bits per heavy atom. The van der Waals surface area contributed by atoms with Gasteiger partial charge in [0.15, 0.2) is 5.75 Å². The number of ether oxygens (including phenoxy) is 2. The summed E-state index contributed by atoms with van der Waals surface area (Å²) in [4.78, 5) is 40.6. The van der Waals surface area contributed by atoms with Crippen LogP contribution in [0.25, 0.3) is 5.69 Å². The highest BCUT2D eigenvalue weighted by molar-refractivity contribution is 6.37. The molecule has 0 radical (unpaired) electrons. The third-order valence-electron chi connectivity index (χ3n) is 5.69. The average molecular weight is 530 g/mol. The molecule has 0 spiro atoms. The molecule has 0 bridgehead atoms. The van der Waals surface area contributed by atoms with Gasteiger partial charge in [0, 0.05) is 18.7 Å². The van der Waals surface area contributed by atoms with Gasteiger partial charge in [-0.3, -0.25) is 14.6 Å². The Morgan fingerprint density at radius 1 is 1.17 bits per heavy atom. The number of hydrogen-bond acceptors (Lipinski definition) is 7. The van der Waals surface area contributed by atoms with Crippen molar-refractivity contribution in [1.29, 1.82) is 5.26 Å². The molecule has 0 saturated carbocycles. The van der Waals surface area contributed by atoms with Gasteiger partial charge in [-0.05, 0) is 63.1 Å². The Hall–Kier alpha value is -3.65. The van der Waals surface area contributed by atoms with Crippen LogP contribution < -0.4 is 16.0 Å². The fourth-order valence-electron chi connectivity index (χ4n) is 4.01. The first-order valence-electron chi connectivity index (χ1n) is 11.0. The van der Waals surface area contributed by atoms with E-state index < -0.39 is 22.7 Å². The van der Waals surface area contributed by atoms with Crippen molar-refractivity contribution in [3.8, 4) is 23.3 Å². The second-order valence-electron chi connectivity index (χ2n) is 8.38. The minimum atomic E-state index is -0.897. The van der Waals surface area contributed by atoms with Crippen LogP contribution in [0.15, 0.2) is 39.9 Å². The van der Waals surface area contributed by atoms with Gasteiger partial charge in [-0.1, -0.05) is 23.2 Å². The fourth-order valence-corrected chi connectivity index (χ4v) is 4.56. The highest BCUT2D eigenvalue weighted by Gasteiger charge is 2.35. The number of nitrogens with zero attached hydrogens (tertiary/aromatic N) is 4. The smallest absolute Gasteiger partial charge is 0.349 e. The van der Waals surface area contributed by atoms with Crippen molar-refractivity contribution in [2.45, 2.75) is 32.9 Å². The summed E-state index contributed by atoms with van der Waals surface area (Å²) in [6, 6.07) is 9.43. The van der Waals surface area contributed by atoms with Crippen LogP contribution in [-0.2, 0) is 11.2 Å². The van der Waals surface area contributed by atoms with Crippen molar-refractivity contribution in [3.63, 3.8) is 0 Å². The molecule has 0 saturated heterocycles. The number of fused-ring (bicyclic) bond motifs is 1. The fraction of sp³-hybridized carbons (Fsp3) is 0.292. The van der Waals surface area contributed by atoms with Gasteiger partial charge >= 0.3 is 5.69 Å². The molecule has 3 aromatic rings. The standard InChI is InChI=1S/C24H21Cl2N5O5/c1-4-35-24(2,3)30-8-7-13-9-15(5-6-16(13)22(30)33)36-20-17(25)10-14(11-18(20)26)31-23(34)28-21(32)19(12-27)29-31/h5-6,9-11H,4,7-8H2,1-3H3,(H,28,32,34). The van der Waals surface area contributed by atoms with Crippen molar-refractivity contribution in [1.82, 2.24) is 19.7 Å². The van der Waals surface area contributed by atoms with Crippen molar-refractivity contribution < 1.29 is 14.3 Å². The molecule has 0 fully saturated rings. The molecule has 36 heavy (non-hydrogen) atoms. The lowest BCUT2D eigenvalue weighted by Crippen LogP contribution is -2.52. The van der Waals surface area contributed by atoms with Crippen LogP contribution in [0.1, 0.15) is 42.4 Å². The summed E-state index contributed by atoms with van der Waals surface area (Å²) in [5.41, 5.74) is -1.47. The Bertz CT molecular complexity index is 1500. The Kier molecular flexibility index (Phi) is 6.91. The summed E-state index contributed by atoms with van der Waals surface area (Å²) in [7, 11) is 0. The van der Waals surface area contributed by atoms with Gasteiger partial charge in [-0.15, -0.1) is 5.10 Å². The van der Waals surface area contributed by atoms with Gasteiger partial charge in [-0.2, -0.15) is 9.94 Å². The van der Waals surface area contributed by atoms with E-state index in [4.69, 9.17) is 37.9 Å². The quantitative estimate of drug-likeness (QED) is 0.515. The largest absolute Gasteiger partial charge is 0.454 e. The molecule has 0 aliphatic carbocycles. The van der Waals surface area contributed by atoms with Crippen LogP contribution >= 0.6 is 23.2 Å². The number of H-pyrrole nitrogens is 1. The van der Waals surface area contributed by atoms with Crippen LogP contribution in [0.2, 0.25) is 10.0 Å². The maximum Gasteiger partial charge on any atom is 0.349 e. The Balaban J connectivity index is 1.63. The molecule has 1 N–H and O–H groups in total. The van der Waals surface area contributed by atoms with E-state index in [9.17, 15) is 14.4 Å². The maximum absolute atomic E-state index is 13.1. The maximum atomic E-state index is 13.1. The predicted molar refractivity (Wildman–Crippen MR) is 132 cm³/mol. The molecule has 2 heterocycles. The van der Waals surface area contributed by atoms with Gasteiger partial charge in [-0.25, -0.2) is 4.79 Å². The number of halogens is 2. The van der Waals surface area contributed by atoms with E-state index in [-0.39, 0.29) is 27.4 Å². The monoisotopic (exact) mass is 529 g/mol. The predicted octanol–water partition coefficient (Wildman–Crippen LogP) is 3.66. The van der Waals surface area contributed by atoms with Crippen molar-refractivity contribution in [3.05, 3.63) is 78.0 Å². The number of rotatable bonds is 6. The van der Waals surface area contributed by atoms with Crippen LogP contribution in [-0.4, -0.2) is 44.4 Å². The van der Waals surface area contributed by atoms with E-state index in [0.717, 1.165) is 10.2 Å². The summed E-state index contributed by atoms with van der Waals surface area (Å²) in [5.74, 6) is 0.417. The lowest BCUT2D eigenvalue weighted by atomic mass is 9.97. The molecule has 4 rings (SSSR count). The molecular formula is C24H21Cl2N5O5.